The summed E-state index contributed by atoms with van der Waals surface area (Å²) in [5.41, 5.74) is 0. The number of hydrogen-bond acceptors (Lipinski definition) is 3. The van der Waals surface area contributed by atoms with Crippen molar-refractivity contribution in [2.45, 2.75) is 20.1 Å². The molecule has 0 aliphatic rings. The molecule has 0 aromatic heterocycles. The van der Waals surface area contributed by atoms with E-state index in [9.17, 15) is 0 Å². The third-order valence-corrected chi connectivity index (χ3v) is 1.86. The van der Waals surface area contributed by atoms with Crippen molar-refractivity contribution >= 4 is 0 Å². The second kappa shape index (κ2) is 4.66. The summed E-state index contributed by atoms with van der Waals surface area (Å²) in [4.78, 5) is 0. The fourth-order valence-corrected chi connectivity index (χ4v) is 0.653. The normalized spacial score (nSPS) is 14.7. The van der Waals surface area contributed by atoms with Crippen LogP contribution in [-0.2, 0) is 4.74 Å². The molecule has 3 nitrogen and oxygen atoms in total. The second-order valence-corrected chi connectivity index (χ2v) is 2.38. The van der Waals surface area contributed by atoms with E-state index in [1.54, 1.807) is 7.11 Å². The molecule has 0 aliphatic heterocycles. The van der Waals surface area contributed by atoms with Gasteiger partial charge in [0.25, 0.3) is 0 Å². The average molecular weight is 146 g/mol. The minimum atomic E-state index is 0.157. The van der Waals surface area contributed by atoms with Crippen LogP contribution in [0.3, 0.4) is 0 Å². The number of hydrogen-bond donors (Lipinski definition) is 0. The van der Waals surface area contributed by atoms with Crippen LogP contribution in [0.15, 0.2) is 0 Å². The first-order chi connectivity index (χ1) is 4.63. The van der Waals surface area contributed by atoms with Gasteiger partial charge in [0.05, 0.1) is 0 Å². The number of hydrazine groups is 1. The smallest absolute Gasteiger partial charge is 0.119 e. The summed E-state index contributed by atoms with van der Waals surface area (Å²) in [6.45, 7) is 5.13. The van der Waals surface area contributed by atoms with E-state index in [4.69, 9.17) is 4.74 Å². The molecular weight excluding hydrogens is 128 g/mol. The molecule has 0 saturated heterocycles. The van der Waals surface area contributed by atoms with Crippen molar-refractivity contribution in [3.05, 3.63) is 0 Å². The van der Waals surface area contributed by atoms with Crippen LogP contribution in [-0.4, -0.2) is 44.0 Å². The zero-order valence-electron chi connectivity index (χ0n) is 7.59. The van der Waals surface area contributed by atoms with Gasteiger partial charge in [-0.15, -0.1) is 0 Å². The zero-order valence-corrected chi connectivity index (χ0v) is 7.59. The monoisotopic (exact) mass is 146 g/mol. The van der Waals surface area contributed by atoms with Crippen LogP contribution >= 0.6 is 0 Å². The summed E-state index contributed by atoms with van der Waals surface area (Å²) in [7, 11) is 5.76. The number of ether oxygens (including phenoxy) is 1. The topological polar surface area (TPSA) is 15.7 Å². The largest absolute Gasteiger partial charge is 0.365 e. The van der Waals surface area contributed by atoms with Gasteiger partial charge >= 0.3 is 0 Å². The second-order valence-electron chi connectivity index (χ2n) is 2.38. The molecule has 0 bridgehead atoms. The third kappa shape index (κ3) is 2.64. The fraction of sp³-hybridized carbons (Fsp3) is 1.00. The highest BCUT2D eigenvalue weighted by molar-refractivity contribution is 4.46. The molecule has 0 heterocycles. The van der Waals surface area contributed by atoms with Crippen LogP contribution in [0.1, 0.15) is 13.8 Å². The highest BCUT2D eigenvalue weighted by Gasteiger charge is 2.09. The van der Waals surface area contributed by atoms with Gasteiger partial charge in [-0.1, -0.05) is 6.92 Å². The summed E-state index contributed by atoms with van der Waals surface area (Å²) in [6.07, 6.45) is 0.157. The van der Waals surface area contributed by atoms with Gasteiger partial charge in [-0.05, 0) is 6.92 Å². The molecule has 0 N–H and O–H groups in total. The molecule has 3 heteroatoms. The lowest BCUT2D eigenvalue weighted by Gasteiger charge is -2.31. The van der Waals surface area contributed by atoms with E-state index in [2.05, 4.69) is 16.9 Å². The van der Waals surface area contributed by atoms with E-state index in [0.717, 1.165) is 6.54 Å². The summed E-state index contributed by atoms with van der Waals surface area (Å²) in [6, 6.07) is 0. The summed E-state index contributed by atoms with van der Waals surface area (Å²) in [5, 5.41) is 4.16. The molecular formula is C7H18N2O. The van der Waals surface area contributed by atoms with Gasteiger partial charge < -0.3 is 4.74 Å². The zero-order chi connectivity index (χ0) is 8.15. The Labute approximate surface area is 63.5 Å². The molecule has 0 amide bonds. The Balaban J connectivity index is 3.69. The van der Waals surface area contributed by atoms with Gasteiger partial charge in [0, 0.05) is 27.7 Å². The van der Waals surface area contributed by atoms with E-state index < -0.39 is 0 Å². The minimum absolute atomic E-state index is 0.157. The quantitative estimate of drug-likeness (QED) is 0.430. The van der Waals surface area contributed by atoms with Gasteiger partial charge in [-0.2, -0.15) is 0 Å². The van der Waals surface area contributed by atoms with E-state index in [1.165, 1.54) is 0 Å². The Morgan fingerprint density at radius 2 is 1.90 bits per heavy atom. The van der Waals surface area contributed by atoms with Gasteiger partial charge in [-0.3, -0.25) is 0 Å². The van der Waals surface area contributed by atoms with Crippen molar-refractivity contribution in [2.75, 3.05) is 27.7 Å². The van der Waals surface area contributed by atoms with E-state index in [0.29, 0.717) is 0 Å². The summed E-state index contributed by atoms with van der Waals surface area (Å²) in [5.74, 6) is 0. The maximum atomic E-state index is 5.12. The van der Waals surface area contributed by atoms with E-state index >= 15 is 0 Å². The highest BCUT2D eigenvalue weighted by Crippen LogP contribution is 1.98. The molecule has 0 fully saturated rings. The van der Waals surface area contributed by atoms with Crippen molar-refractivity contribution in [1.82, 2.24) is 10.0 Å². The lowest BCUT2D eigenvalue weighted by atomic mass is 10.6. The maximum Gasteiger partial charge on any atom is 0.119 e. The van der Waals surface area contributed by atoms with Crippen molar-refractivity contribution in [3.63, 3.8) is 0 Å². The Bertz CT molecular complexity index is 77.7. The van der Waals surface area contributed by atoms with Gasteiger partial charge in [0.1, 0.15) is 6.23 Å². The molecule has 1 atom stereocenters. The molecule has 62 valence electrons. The van der Waals surface area contributed by atoms with Crippen molar-refractivity contribution < 1.29 is 4.74 Å². The fourth-order valence-electron chi connectivity index (χ4n) is 0.653. The van der Waals surface area contributed by atoms with Gasteiger partial charge in [-0.25, -0.2) is 10.0 Å². The minimum Gasteiger partial charge on any atom is -0.365 e. The van der Waals surface area contributed by atoms with Crippen molar-refractivity contribution in [3.8, 4) is 0 Å². The van der Waals surface area contributed by atoms with Crippen molar-refractivity contribution in [2.24, 2.45) is 0 Å². The summed E-state index contributed by atoms with van der Waals surface area (Å²) < 4.78 is 5.12. The number of rotatable bonds is 4. The molecule has 1 unspecified atom stereocenters. The predicted molar refractivity (Wildman–Crippen MR) is 42.5 cm³/mol. The Morgan fingerprint density at radius 3 is 2.20 bits per heavy atom. The Hall–Kier alpha value is -0.120. The van der Waals surface area contributed by atoms with E-state index in [1.807, 2.05) is 21.0 Å². The standard InChI is InChI=1S/C7H18N2O/c1-6-8(3)9(4)7(2)10-5/h7H,6H2,1-5H3. The molecule has 0 radical (unpaired) electrons. The lowest BCUT2D eigenvalue weighted by Crippen LogP contribution is -2.43. The predicted octanol–water partition coefficient (Wildman–Crippen LogP) is 0.777. The molecule has 0 aromatic rings. The van der Waals surface area contributed by atoms with Crippen molar-refractivity contribution in [1.29, 1.82) is 0 Å². The molecule has 0 rings (SSSR count). The third-order valence-electron chi connectivity index (χ3n) is 1.86. The van der Waals surface area contributed by atoms with Gasteiger partial charge in [0.15, 0.2) is 0 Å². The van der Waals surface area contributed by atoms with Gasteiger partial charge in [0.2, 0.25) is 0 Å². The first-order valence-corrected chi connectivity index (χ1v) is 3.60. The van der Waals surface area contributed by atoms with Crippen LogP contribution in [0.2, 0.25) is 0 Å². The Morgan fingerprint density at radius 1 is 1.40 bits per heavy atom. The van der Waals surface area contributed by atoms with Crippen LogP contribution < -0.4 is 0 Å². The molecule has 0 aliphatic carbocycles. The van der Waals surface area contributed by atoms with Crippen LogP contribution in [0, 0.1) is 0 Å². The molecule has 10 heavy (non-hydrogen) atoms. The maximum absolute atomic E-state index is 5.12. The average Bonchev–Trinajstić information content (AvgIpc) is 2.00. The van der Waals surface area contributed by atoms with Crippen LogP contribution in [0.4, 0.5) is 0 Å². The first kappa shape index (κ1) is 9.88. The lowest BCUT2D eigenvalue weighted by molar-refractivity contribution is -0.114. The SMILES string of the molecule is CCN(C)N(C)C(C)OC. The molecule has 0 saturated carbocycles. The van der Waals surface area contributed by atoms with Crippen LogP contribution in [0.5, 0.6) is 0 Å². The molecule has 0 spiro atoms. The number of methoxy groups -OCH3 is 1. The highest BCUT2D eigenvalue weighted by atomic mass is 16.5. The van der Waals surface area contributed by atoms with E-state index in [-0.39, 0.29) is 6.23 Å². The Kier molecular flexibility index (Phi) is 4.60. The summed E-state index contributed by atoms with van der Waals surface area (Å²) >= 11 is 0. The number of nitrogens with zero attached hydrogens (tertiary/aromatic N) is 2. The first-order valence-electron chi connectivity index (χ1n) is 3.60. The molecule has 0 aromatic carbocycles. The van der Waals surface area contributed by atoms with Crippen LogP contribution in [0.25, 0.3) is 0 Å².